The Kier molecular flexibility index (Phi) is 2.40. The number of benzene rings is 1. The molecule has 1 aromatic carbocycles. The topological polar surface area (TPSA) is 0 Å². The summed E-state index contributed by atoms with van der Waals surface area (Å²) in [6, 6.07) is 2.34. The van der Waals surface area contributed by atoms with Crippen LogP contribution in [0.4, 0.5) is 4.39 Å². The van der Waals surface area contributed by atoms with Crippen LogP contribution in [-0.2, 0) is 0 Å². The molecule has 10 heavy (non-hydrogen) atoms. The highest BCUT2D eigenvalue weighted by atomic mass is 35.5. The standard InChI is InChI=1S/C6H2Cl3F/c7-3-1-5(9)6(10)2-4(3)8/h1-2H. The van der Waals surface area contributed by atoms with Gasteiger partial charge in [-0.2, -0.15) is 0 Å². The molecule has 0 aliphatic heterocycles. The lowest BCUT2D eigenvalue weighted by atomic mass is 10.3. The molecular weight excluding hydrogens is 197 g/mol. The predicted octanol–water partition coefficient (Wildman–Crippen LogP) is 3.79. The summed E-state index contributed by atoms with van der Waals surface area (Å²) < 4.78 is 12.5. The quantitative estimate of drug-likeness (QED) is 0.558. The van der Waals surface area contributed by atoms with E-state index in [0.717, 1.165) is 6.07 Å². The second-order valence-corrected chi connectivity index (χ2v) is 2.90. The number of hydrogen-bond acceptors (Lipinski definition) is 0. The summed E-state index contributed by atoms with van der Waals surface area (Å²) in [7, 11) is 0. The lowest BCUT2D eigenvalue weighted by Gasteiger charge is -1.96. The van der Waals surface area contributed by atoms with Gasteiger partial charge in [0.1, 0.15) is 5.82 Å². The Labute approximate surface area is 72.5 Å². The SMILES string of the molecule is Fc1cc(Cl)c(Cl)cc1Cl. The molecular formula is C6H2Cl3F. The van der Waals surface area contributed by atoms with Gasteiger partial charge in [0.15, 0.2) is 0 Å². The van der Waals surface area contributed by atoms with Crippen LogP contribution in [0.1, 0.15) is 0 Å². The minimum Gasteiger partial charge on any atom is -0.205 e. The van der Waals surface area contributed by atoms with Crippen LogP contribution in [-0.4, -0.2) is 0 Å². The first-order valence-electron chi connectivity index (χ1n) is 2.41. The van der Waals surface area contributed by atoms with E-state index in [1.165, 1.54) is 6.07 Å². The summed E-state index contributed by atoms with van der Waals surface area (Å²) in [5, 5.41) is 0.408. The van der Waals surface area contributed by atoms with Gasteiger partial charge < -0.3 is 0 Å². The molecule has 0 atom stereocenters. The summed E-state index contributed by atoms with van der Waals surface area (Å²) in [5.41, 5.74) is 0. The lowest BCUT2D eigenvalue weighted by molar-refractivity contribution is 0.628. The van der Waals surface area contributed by atoms with Crippen molar-refractivity contribution < 1.29 is 4.39 Å². The highest BCUT2D eigenvalue weighted by molar-refractivity contribution is 6.43. The molecule has 0 aromatic heterocycles. The van der Waals surface area contributed by atoms with Crippen LogP contribution in [0.2, 0.25) is 15.1 Å². The summed E-state index contributed by atoms with van der Waals surface area (Å²) in [4.78, 5) is 0. The normalized spacial score (nSPS) is 10.0. The van der Waals surface area contributed by atoms with E-state index in [-0.39, 0.29) is 15.1 Å². The van der Waals surface area contributed by atoms with Crippen LogP contribution in [0, 0.1) is 5.82 Å². The van der Waals surface area contributed by atoms with Crippen LogP contribution in [0.15, 0.2) is 12.1 Å². The predicted molar refractivity (Wildman–Crippen MR) is 41.4 cm³/mol. The Morgan fingerprint density at radius 1 is 0.900 bits per heavy atom. The molecule has 0 unspecified atom stereocenters. The van der Waals surface area contributed by atoms with Crippen molar-refractivity contribution in [2.45, 2.75) is 0 Å². The van der Waals surface area contributed by atoms with Crippen LogP contribution in [0.5, 0.6) is 0 Å². The fourth-order valence-electron chi connectivity index (χ4n) is 0.498. The van der Waals surface area contributed by atoms with Crippen molar-refractivity contribution in [1.82, 2.24) is 0 Å². The summed E-state index contributed by atoms with van der Waals surface area (Å²) in [6.07, 6.45) is 0. The van der Waals surface area contributed by atoms with Gasteiger partial charge in [-0.3, -0.25) is 0 Å². The maximum absolute atomic E-state index is 12.5. The van der Waals surface area contributed by atoms with Crippen molar-refractivity contribution in [2.24, 2.45) is 0 Å². The summed E-state index contributed by atoms with van der Waals surface area (Å²) in [5.74, 6) is -0.559. The van der Waals surface area contributed by atoms with Gasteiger partial charge in [-0.05, 0) is 12.1 Å². The molecule has 0 N–H and O–H groups in total. The smallest absolute Gasteiger partial charge is 0.143 e. The number of halogens is 4. The van der Waals surface area contributed by atoms with Crippen molar-refractivity contribution in [1.29, 1.82) is 0 Å². The molecule has 0 fully saturated rings. The molecule has 0 spiro atoms. The van der Waals surface area contributed by atoms with E-state index in [0.29, 0.717) is 0 Å². The Morgan fingerprint density at radius 3 is 1.90 bits per heavy atom. The monoisotopic (exact) mass is 198 g/mol. The van der Waals surface area contributed by atoms with Crippen LogP contribution >= 0.6 is 34.8 Å². The van der Waals surface area contributed by atoms with Crippen LogP contribution < -0.4 is 0 Å². The van der Waals surface area contributed by atoms with E-state index >= 15 is 0 Å². The second-order valence-electron chi connectivity index (χ2n) is 1.68. The average Bonchev–Trinajstić information content (AvgIpc) is 1.84. The van der Waals surface area contributed by atoms with Gasteiger partial charge in [0.25, 0.3) is 0 Å². The zero-order chi connectivity index (χ0) is 7.72. The molecule has 0 aliphatic rings. The minimum absolute atomic E-state index is 0.0191. The fourth-order valence-corrected chi connectivity index (χ4v) is 1.03. The molecule has 0 heterocycles. The first-order valence-corrected chi connectivity index (χ1v) is 3.54. The highest BCUT2D eigenvalue weighted by Crippen LogP contribution is 2.27. The molecule has 0 amide bonds. The van der Waals surface area contributed by atoms with Gasteiger partial charge >= 0.3 is 0 Å². The molecule has 54 valence electrons. The minimum atomic E-state index is -0.559. The zero-order valence-corrected chi connectivity index (χ0v) is 6.93. The van der Waals surface area contributed by atoms with E-state index in [1.54, 1.807) is 0 Å². The maximum atomic E-state index is 12.5. The highest BCUT2D eigenvalue weighted by Gasteiger charge is 2.03. The molecule has 0 nitrogen and oxygen atoms in total. The molecule has 4 heteroatoms. The van der Waals surface area contributed by atoms with E-state index in [9.17, 15) is 4.39 Å². The number of hydrogen-bond donors (Lipinski definition) is 0. The summed E-state index contributed by atoms with van der Waals surface area (Å²) >= 11 is 16.3. The first-order chi connectivity index (χ1) is 4.61. The number of rotatable bonds is 0. The van der Waals surface area contributed by atoms with Crippen molar-refractivity contribution in [3.8, 4) is 0 Å². The van der Waals surface area contributed by atoms with Crippen molar-refractivity contribution in [2.75, 3.05) is 0 Å². The van der Waals surface area contributed by atoms with Gasteiger partial charge in [0.05, 0.1) is 15.1 Å². The van der Waals surface area contributed by atoms with Gasteiger partial charge in [-0.25, -0.2) is 4.39 Å². The molecule has 0 saturated carbocycles. The third-order valence-corrected chi connectivity index (χ3v) is 1.98. The second kappa shape index (κ2) is 2.95. The van der Waals surface area contributed by atoms with Crippen molar-refractivity contribution in [3.63, 3.8) is 0 Å². The summed E-state index contributed by atoms with van der Waals surface area (Å²) in [6.45, 7) is 0. The Morgan fingerprint density at radius 2 is 1.40 bits per heavy atom. The first kappa shape index (κ1) is 8.12. The molecule has 0 bridgehead atoms. The van der Waals surface area contributed by atoms with Crippen LogP contribution in [0.3, 0.4) is 0 Å². The Hall–Kier alpha value is 0.0200. The largest absolute Gasteiger partial charge is 0.205 e. The van der Waals surface area contributed by atoms with E-state index in [2.05, 4.69) is 0 Å². The van der Waals surface area contributed by atoms with Gasteiger partial charge in [0, 0.05) is 0 Å². The van der Waals surface area contributed by atoms with Crippen molar-refractivity contribution >= 4 is 34.8 Å². The Balaban J connectivity index is 3.28. The van der Waals surface area contributed by atoms with E-state index in [4.69, 9.17) is 34.8 Å². The Bertz CT molecular complexity index is 209. The zero-order valence-electron chi connectivity index (χ0n) is 4.67. The van der Waals surface area contributed by atoms with Gasteiger partial charge in [-0.1, -0.05) is 34.8 Å². The lowest BCUT2D eigenvalue weighted by Crippen LogP contribution is -1.76. The molecule has 0 aliphatic carbocycles. The fraction of sp³-hybridized carbons (Fsp3) is 0. The molecule has 0 saturated heterocycles. The molecule has 0 radical (unpaired) electrons. The molecule has 1 aromatic rings. The van der Waals surface area contributed by atoms with Crippen molar-refractivity contribution in [3.05, 3.63) is 33.0 Å². The van der Waals surface area contributed by atoms with E-state index in [1.807, 2.05) is 0 Å². The third-order valence-electron chi connectivity index (χ3n) is 0.963. The van der Waals surface area contributed by atoms with E-state index < -0.39 is 5.82 Å². The average molecular weight is 199 g/mol. The van der Waals surface area contributed by atoms with Gasteiger partial charge in [-0.15, -0.1) is 0 Å². The third kappa shape index (κ3) is 1.54. The van der Waals surface area contributed by atoms with Crippen LogP contribution in [0.25, 0.3) is 0 Å². The molecule has 1 rings (SSSR count). The van der Waals surface area contributed by atoms with Gasteiger partial charge in [0.2, 0.25) is 0 Å². The maximum Gasteiger partial charge on any atom is 0.143 e.